The molecule has 0 bridgehead atoms. The Labute approximate surface area is 120 Å². The molecule has 1 saturated heterocycles. The number of nitrogens with zero attached hydrogens (tertiary/aromatic N) is 2. The summed E-state index contributed by atoms with van der Waals surface area (Å²) in [6.07, 6.45) is 3.10. The standard InChI is InChI=1S/C12H16N4O3S/c1-20-3-6-10(17)11(18)8(16-6)5-2-13-9-7(5)14-4-15-12(9)19/h2,4,6-8,10-11,16-18H,3H2,1H3,(H,14,15,19). The van der Waals surface area contributed by atoms with Crippen LogP contribution in [0.25, 0.3) is 0 Å². The maximum Gasteiger partial charge on any atom is 0.273 e. The fraction of sp³-hybridized carbons (Fsp3) is 0.583. The first-order valence-corrected chi connectivity index (χ1v) is 7.74. The number of nitrogens with one attached hydrogen (secondary N) is 2. The van der Waals surface area contributed by atoms with E-state index in [-0.39, 0.29) is 11.9 Å². The van der Waals surface area contributed by atoms with E-state index in [4.69, 9.17) is 0 Å². The topological polar surface area (TPSA) is 106 Å². The lowest BCUT2D eigenvalue weighted by Gasteiger charge is -2.23. The zero-order valence-electron chi connectivity index (χ0n) is 10.9. The van der Waals surface area contributed by atoms with Crippen LogP contribution in [0.3, 0.4) is 0 Å². The molecule has 3 aliphatic heterocycles. The minimum absolute atomic E-state index is 0.184. The van der Waals surface area contributed by atoms with Gasteiger partial charge in [-0.2, -0.15) is 11.8 Å². The number of thioether (sulfide) groups is 1. The number of fused-ring (bicyclic) bond motifs is 1. The quantitative estimate of drug-likeness (QED) is 0.495. The van der Waals surface area contributed by atoms with Gasteiger partial charge in [0.2, 0.25) is 0 Å². The summed E-state index contributed by atoms with van der Waals surface area (Å²) in [5, 5.41) is 26.0. The smallest absolute Gasteiger partial charge is 0.273 e. The van der Waals surface area contributed by atoms with Gasteiger partial charge in [-0.05, 0) is 11.8 Å². The fourth-order valence-electron chi connectivity index (χ4n) is 2.76. The van der Waals surface area contributed by atoms with Crippen molar-refractivity contribution in [3.05, 3.63) is 11.8 Å². The molecule has 0 aromatic heterocycles. The Balaban J connectivity index is 1.80. The van der Waals surface area contributed by atoms with E-state index in [9.17, 15) is 15.0 Å². The molecule has 3 aliphatic rings. The predicted molar refractivity (Wildman–Crippen MR) is 77.0 cm³/mol. The van der Waals surface area contributed by atoms with E-state index in [1.165, 1.54) is 6.34 Å². The second-order valence-corrected chi connectivity index (χ2v) is 5.90. The van der Waals surface area contributed by atoms with Gasteiger partial charge in [0.25, 0.3) is 5.91 Å². The molecular formula is C12H16N4O3S. The fourth-order valence-corrected chi connectivity index (χ4v) is 3.41. The van der Waals surface area contributed by atoms with Crippen LogP contribution in [0.2, 0.25) is 0 Å². The zero-order valence-corrected chi connectivity index (χ0v) is 11.7. The van der Waals surface area contributed by atoms with Crippen molar-refractivity contribution in [2.75, 3.05) is 12.0 Å². The van der Waals surface area contributed by atoms with E-state index in [2.05, 4.69) is 20.6 Å². The summed E-state index contributed by atoms with van der Waals surface area (Å²) < 4.78 is 0. The molecule has 1 amide bonds. The molecule has 4 N–H and O–H groups in total. The molecule has 0 aliphatic carbocycles. The number of amides is 1. The SMILES string of the molecule is CSCC1NC(C2=CN=C3C(=O)NC=NC23)C(O)C1O. The zero-order chi connectivity index (χ0) is 14.3. The highest BCUT2D eigenvalue weighted by atomic mass is 32.2. The van der Waals surface area contributed by atoms with Crippen molar-refractivity contribution in [2.24, 2.45) is 9.98 Å². The van der Waals surface area contributed by atoms with Crippen LogP contribution in [0, 0.1) is 0 Å². The molecule has 0 aromatic carbocycles. The van der Waals surface area contributed by atoms with Gasteiger partial charge in [-0.25, -0.2) is 0 Å². The molecule has 7 nitrogen and oxygen atoms in total. The molecule has 0 saturated carbocycles. The van der Waals surface area contributed by atoms with E-state index >= 15 is 0 Å². The maximum atomic E-state index is 11.6. The van der Waals surface area contributed by atoms with Gasteiger partial charge in [0.05, 0.1) is 18.5 Å². The molecular weight excluding hydrogens is 280 g/mol. The van der Waals surface area contributed by atoms with Crippen molar-refractivity contribution in [2.45, 2.75) is 30.3 Å². The van der Waals surface area contributed by atoms with Crippen molar-refractivity contribution < 1.29 is 15.0 Å². The number of aliphatic imine (C=N–C) groups is 2. The summed E-state index contributed by atoms with van der Waals surface area (Å²) in [5.41, 5.74) is 1.06. The van der Waals surface area contributed by atoms with Crippen LogP contribution in [0.1, 0.15) is 0 Å². The number of aliphatic hydroxyl groups excluding tert-OH is 2. The van der Waals surface area contributed by atoms with Gasteiger partial charge in [0.1, 0.15) is 17.9 Å². The molecule has 0 spiro atoms. The number of hydrogen-bond acceptors (Lipinski definition) is 7. The number of rotatable bonds is 3. The highest BCUT2D eigenvalue weighted by molar-refractivity contribution is 7.98. The first kappa shape index (κ1) is 13.7. The number of carbonyl (C=O) groups excluding carboxylic acids is 1. The van der Waals surface area contributed by atoms with Crippen LogP contribution >= 0.6 is 11.8 Å². The maximum absolute atomic E-state index is 11.6. The highest BCUT2D eigenvalue weighted by Gasteiger charge is 2.46. The second kappa shape index (κ2) is 5.28. The van der Waals surface area contributed by atoms with Crippen LogP contribution in [-0.2, 0) is 4.79 Å². The number of hydrogen-bond donors (Lipinski definition) is 4. The van der Waals surface area contributed by atoms with Gasteiger partial charge in [0, 0.05) is 18.0 Å². The minimum Gasteiger partial charge on any atom is -0.389 e. The van der Waals surface area contributed by atoms with Crippen molar-refractivity contribution in [1.29, 1.82) is 0 Å². The lowest BCUT2D eigenvalue weighted by atomic mass is 9.94. The van der Waals surface area contributed by atoms with Crippen LogP contribution < -0.4 is 10.6 Å². The number of aliphatic hydroxyl groups is 2. The monoisotopic (exact) mass is 296 g/mol. The molecule has 8 heteroatoms. The lowest BCUT2D eigenvalue weighted by Crippen LogP contribution is -2.46. The Morgan fingerprint density at radius 3 is 2.95 bits per heavy atom. The average molecular weight is 296 g/mol. The van der Waals surface area contributed by atoms with Crippen LogP contribution in [0.15, 0.2) is 21.8 Å². The van der Waals surface area contributed by atoms with Gasteiger partial charge >= 0.3 is 0 Å². The van der Waals surface area contributed by atoms with Gasteiger partial charge in [-0.1, -0.05) is 0 Å². The minimum atomic E-state index is -0.923. The Morgan fingerprint density at radius 2 is 2.20 bits per heavy atom. The van der Waals surface area contributed by atoms with Gasteiger partial charge in [-0.15, -0.1) is 0 Å². The third-order valence-electron chi connectivity index (χ3n) is 3.78. The van der Waals surface area contributed by atoms with Gasteiger partial charge < -0.3 is 20.8 Å². The van der Waals surface area contributed by atoms with E-state index in [0.29, 0.717) is 11.5 Å². The van der Waals surface area contributed by atoms with Crippen LogP contribution in [0.4, 0.5) is 0 Å². The largest absolute Gasteiger partial charge is 0.389 e. The molecule has 0 aromatic rings. The summed E-state index contributed by atoms with van der Waals surface area (Å²) in [6, 6.07) is -1.08. The Bertz CT molecular complexity index is 519. The molecule has 108 valence electrons. The van der Waals surface area contributed by atoms with Gasteiger partial charge in [-0.3, -0.25) is 14.8 Å². The van der Waals surface area contributed by atoms with E-state index < -0.39 is 24.3 Å². The Kier molecular flexibility index (Phi) is 3.63. The predicted octanol–water partition coefficient (Wildman–Crippen LogP) is -1.72. The summed E-state index contributed by atoms with van der Waals surface area (Å²) in [5.74, 6) is 0.425. The summed E-state index contributed by atoms with van der Waals surface area (Å²) >= 11 is 1.60. The average Bonchev–Trinajstić information content (AvgIpc) is 2.97. The third-order valence-corrected chi connectivity index (χ3v) is 4.47. The lowest BCUT2D eigenvalue weighted by molar-refractivity contribution is -0.113. The van der Waals surface area contributed by atoms with Crippen molar-refractivity contribution in [1.82, 2.24) is 10.6 Å². The summed E-state index contributed by atoms with van der Waals surface area (Å²) in [4.78, 5) is 19.9. The molecule has 5 atom stereocenters. The van der Waals surface area contributed by atoms with Gasteiger partial charge in [0.15, 0.2) is 0 Å². The van der Waals surface area contributed by atoms with E-state index in [1.54, 1.807) is 18.0 Å². The summed E-state index contributed by atoms with van der Waals surface area (Å²) in [7, 11) is 0. The Hall–Kier alpha value is -1.22. The Morgan fingerprint density at radius 1 is 1.40 bits per heavy atom. The first-order chi connectivity index (χ1) is 9.63. The van der Waals surface area contributed by atoms with E-state index in [1.807, 2.05) is 6.26 Å². The van der Waals surface area contributed by atoms with E-state index in [0.717, 1.165) is 5.57 Å². The second-order valence-electron chi connectivity index (χ2n) is 4.98. The highest BCUT2D eigenvalue weighted by Crippen LogP contribution is 2.29. The molecule has 1 fully saturated rings. The van der Waals surface area contributed by atoms with Crippen LogP contribution in [-0.4, -0.2) is 70.5 Å². The number of carbonyl (C=O) groups is 1. The van der Waals surface area contributed by atoms with Crippen molar-refractivity contribution >= 4 is 29.7 Å². The third kappa shape index (κ3) is 2.08. The summed E-state index contributed by atoms with van der Waals surface area (Å²) in [6.45, 7) is 0. The normalized spacial score (nSPS) is 39.4. The van der Waals surface area contributed by atoms with Crippen molar-refractivity contribution in [3.63, 3.8) is 0 Å². The first-order valence-electron chi connectivity index (χ1n) is 6.34. The van der Waals surface area contributed by atoms with Crippen molar-refractivity contribution in [3.8, 4) is 0 Å². The molecule has 0 radical (unpaired) electrons. The molecule has 5 unspecified atom stereocenters. The molecule has 20 heavy (non-hydrogen) atoms. The molecule has 3 heterocycles. The van der Waals surface area contributed by atoms with Crippen LogP contribution in [0.5, 0.6) is 0 Å². The molecule has 3 rings (SSSR count).